The van der Waals surface area contributed by atoms with E-state index in [1.807, 2.05) is 0 Å². The topological polar surface area (TPSA) is 3.24 Å². The summed E-state index contributed by atoms with van der Waals surface area (Å²) in [6.45, 7) is 5.35. The number of rotatable bonds is 6. The molecule has 0 amide bonds. The summed E-state index contributed by atoms with van der Waals surface area (Å²) in [5, 5.41) is 0. The summed E-state index contributed by atoms with van der Waals surface area (Å²) in [4.78, 5) is 2.44. The van der Waals surface area contributed by atoms with Gasteiger partial charge >= 0.3 is 6.18 Å². The van der Waals surface area contributed by atoms with Crippen molar-refractivity contribution in [1.29, 1.82) is 0 Å². The number of alkyl halides is 4. The predicted molar refractivity (Wildman–Crippen MR) is 84.4 cm³/mol. The maximum atomic E-state index is 12.6. The maximum Gasteiger partial charge on any atom is 0.416 e. The van der Waals surface area contributed by atoms with Crippen LogP contribution < -0.4 is 0 Å². The molecular formula is C17H23ClF3N. The molecule has 1 aromatic rings. The van der Waals surface area contributed by atoms with Gasteiger partial charge in [-0.25, -0.2) is 0 Å². The van der Waals surface area contributed by atoms with E-state index in [1.54, 1.807) is 12.1 Å². The van der Waals surface area contributed by atoms with Crippen molar-refractivity contribution in [2.24, 2.45) is 5.92 Å². The van der Waals surface area contributed by atoms with Crippen LogP contribution in [0.3, 0.4) is 0 Å². The van der Waals surface area contributed by atoms with Crippen LogP contribution >= 0.6 is 11.6 Å². The zero-order valence-electron chi connectivity index (χ0n) is 12.9. The van der Waals surface area contributed by atoms with Gasteiger partial charge in [-0.15, -0.1) is 11.6 Å². The first kappa shape index (κ1) is 17.6. The van der Waals surface area contributed by atoms with Crippen LogP contribution in [0.2, 0.25) is 0 Å². The normalized spacial score (nSPS) is 21.2. The van der Waals surface area contributed by atoms with Gasteiger partial charge in [0, 0.05) is 12.4 Å². The molecule has 1 aliphatic heterocycles. The second-order valence-electron chi connectivity index (χ2n) is 6.25. The standard InChI is InChI=1S/C17H23ClF3N/c1-13(11-14-7-10-22(12-14)9-2-8-18)15-3-5-16(6-4-15)17(19,20)21/h3-6,13-14H,2,7-12H2,1H3/t13-,14?/m1/s1. The van der Waals surface area contributed by atoms with Crippen molar-refractivity contribution < 1.29 is 13.2 Å². The van der Waals surface area contributed by atoms with Gasteiger partial charge in [0.05, 0.1) is 5.56 Å². The van der Waals surface area contributed by atoms with Gasteiger partial charge in [-0.05, 0) is 61.9 Å². The lowest BCUT2D eigenvalue weighted by atomic mass is 9.89. The lowest BCUT2D eigenvalue weighted by molar-refractivity contribution is -0.137. The summed E-state index contributed by atoms with van der Waals surface area (Å²) < 4.78 is 37.7. The number of nitrogens with zero attached hydrogens (tertiary/aromatic N) is 1. The van der Waals surface area contributed by atoms with Crippen molar-refractivity contribution in [3.8, 4) is 0 Å². The highest BCUT2D eigenvalue weighted by molar-refractivity contribution is 6.17. The Hall–Kier alpha value is -0.740. The van der Waals surface area contributed by atoms with E-state index in [1.165, 1.54) is 18.6 Å². The van der Waals surface area contributed by atoms with Crippen molar-refractivity contribution in [3.05, 3.63) is 35.4 Å². The van der Waals surface area contributed by atoms with E-state index in [-0.39, 0.29) is 0 Å². The van der Waals surface area contributed by atoms with Gasteiger partial charge in [0.1, 0.15) is 0 Å². The van der Waals surface area contributed by atoms with Gasteiger partial charge in [-0.3, -0.25) is 0 Å². The molecule has 0 radical (unpaired) electrons. The zero-order chi connectivity index (χ0) is 16.2. The molecule has 5 heteroatoms. The Bertz CT molecular complexity index is 458. The Balaban J connectivity index is 1.86. The highest BCUT2D eigenvalue weighted by Crippen LogP contribution is 2.32. The lowest BCUT2D eigenvalue weighted by Gasteiger charge is -2.19. The third kappa shape index (κ3) is 4.88. The largest absolute Gasteiger partial charge is 0.416 e. The van der Waals surface area contributed by atoms with E-state index in [0.717, 1.165) is 38.0 Å². The van der Waals surface area contributed by atoms with Crippen LogP contribution in [0.1, 0.15) is 43.2 Å². The summed E-state index contributed by atoms with van der Waals surface area (Å²) in [7, 11) is 0. The van der Waals surface area contributed by atoms with E-state index >= 15 is 0 Å². The molecule has 22 heavy (non-hydrogen) atoms. The maximum absolute atomic E-state index is 12.6. The van der Waals surface area contributed by atoms with Crippen LogP contribution in [0, 0.1) is 5.92 Å². The molecule has 0 aromatic heterocycles. The van der Waals surface area contributed by atoms with E-state index in [2.05, 4.69) is 11.8 Å². The van der Waals surface area contributed by atoms with Gasteiger partial charge in [-0.2, -0.15) is 13.2 Å². The number of hydrogen-bond donors (Lipinski definition) is 0. The lowest BCUT2D eigenvalue weighted by Crippen LogP contribution is -2.22. The SMILES string of the molecule is C[C@H](CC1CCN(CCCCl)C1)c1ccc(C(F)(F)F)cc1. The molecule has 0 saturated carbocycles. The Morgan fingerprint density at radius 2 is 1.95 bits per heavy atom. The second kappa shape index (κ2) is 7.69. The van der Waals surface area contributed by atoms with Crippen LogP contribution in [-0.2, 0) is 6.18 Å². The van der Waals surface area contributed by atoms with Crippen molar-refractivity contribution >= 4 is 11.6 Å². The first-order chi connectivity index (χ1) is 10.4. The molecule has 124 valence electrons. The smallest absolute Gasteiger partial charge is 0.303 e. The molecular weight excluding hydrogens is 311 g/mol. The summed E-state index contributed by atoms with van der Waals surface area (Å²) in [6, 6.07) is 5.61. The molecule has 1 saturated heterocycles. The van der Waals surface area contributed by atoms with Crippen LogP contribution in [0.5, 0.6) is 0 Å². The number of likely N-dealkylation sites (tertiary alicyclic amines) is 1. The van der Waals surface area contributed by atoms with Crippen molar-refractivity contribution in [3.63, 3.8) is 0 Å². The molecule has 1 aliphatic rings. The molecule has 2 rings (SSSR count). The Morgan fingerprint density at radius 3 is 2.55 bits per heavy atom. The molecule has 1 aromatic carbocycles. The quantitative estimate of drug-likeness (QED) is 0.651. The van der Waals surface area contributed by atoms with Crippen molar-refractivity contribution in [2.45, 2.75) is 38.3 Å². The first-order valence-electron chi connectivity index (χ1n) is 7.85. The molecule has 1 heterocycles. The van der Waals surface area contributed by atoms with Gasteiger partial charge < -0.3 is 4.90 Å². The summed E-state index contributed by atoms with van der Waals surface area (Å²) in [5.74, 6) is 1.62. The average Bonchev–Trinajstić information content (AvgIpc) is 2.92. The van der Waals surface area contributed by atoms with E-state index in [4.69, 9.17) is 11.6 Å². The van der Waals surface area contributed by atoms with Gasteiger partial charge in [-0.1, -0.05) is 19.1 Å². The van der Waals surface area contributed by atoms with E-state index in [9.17, 15) is 13.2 Å². The van der Waals surface area contributed by atoms with Gasteiger partial charge in [0.2, 0.25) is 0 Å². The number of hydrogen-bond acceptors (Lipinski definition) is 1. The van der Waals surface area contributed by atoms with E-state index in [0.29, 0.717) is 17.7 Å². The fourth-order valence-corrected chi connectivity index (χ4v) is 3.35. The minimum atomic E-state index is -4.25. The van der Waals surface area contributed by atoms with Crippen LogP contribution in [0.15, 0.2) is 24.3 Å². The number of halogens is 4. The van der Waals surface area contributed by atoms with Crippen LogP contribution in [0.25, 0.3) is 0 Å². The van der Waals surface area contributed by atoms with Crippen molar-refractivity contribution in [1.82, 2.24) is 4.90 Å². The highest BCUT2D eigenvalue weighted by atomic mass is 35.5. The zero-order valence-corrected chi connectivity index (χ0v) is 13.6. The third-order valence-corrected chi connectivity index (χ3v) is 4.74. The minimum Gasteiger partial charge on any atom is -0.303 e. The van der Waals surface area contributed by atoms with E-state index < -0.39 is 11.7 Å². The van der Waals surface area contributed by atoms with Gasteiger partial charge in [0.25, 0.3) is 0 Å². The fraction of sp³-hybridized carbons (Fsp3) is 0.647. The number of benzene rings is 1. The molecule has 0 bridgehead atoms. The fourth-order valence-electron chi connectivity index (χ4n) is 3.23. The molecule has 2 atom stereocenters. The predicted octanol–water partition coefficient (Wildman–Crippen LogP) is 5.15. The third-order valence-electron chi connectivity index (χ3n) is 4.47. The first-order valence-corrected chi connectivity index (χ1v) is 8.39. The minimum absolute atomic E-state index is 0.292. The molecule has 1 fully saturated rings. The van der Waals surface area contributed by atoms with Crippen LogP contribution in [0.4, 0.5) is 13.2 Å². The summed E-state index contributed by atoms with van der Waals surface area (Å²) >= 11 is 5.72. The molecule has 0 aliphatic carbocycles. The summed E-state index contributed by atoms with van der Waals surface area (Å²) in [5.41, 5.74) is 0.420. The Labute approximate surface area is 135 Å². The summed E-state index contributed by atoms with van der Waals surface area (Å²) in [6.07, 6.45) is -1.03. The molecule has 0 spiro atoms. The highest BCUT2D eigenvalue weighted by Gasteiger charge is 2.30. The molecule has 0 N–H and O–H groups in total. The molecule has 1 nitrogen and oxygen atoms in total. The van der Waals surface area contributed by atoms with Gasteiger partial charge in [0.15, 0.2) is 0 Å². The monoisotopic (exact) mass is 333 g/mol. The Kier molecular flexibility index (Phi) is 6.16. The second-order valence-corrected chi connectivity index (χ2v) is 6.63. The van der Waals surface area contributed by atoms with Crippen LogP contribution in [-0.4, -0.2) is 30.4 Å². The van der Waals surface area contributed by atoms with Crippen molar-refractivity contribution in [2.75, 3.05) is 25.5 Å². The average molecular weight is 334 g/mol. The molecule has 1 unspecified atom stereocenters. The Morgan fingerprint density at radius 1 is 1.27 bits per heavy atom.